The van der Waals surface area contributed by atoms with Crippen LogP contribution in [0, 0.1) is 16.7 Å². The summed E-state index contributed by atoms with van der Waals surface area (Å²) in [6.45, 7) is 8.50. The van der Waals surface area contributed by atoms with Crippen LogP contribution in [0.1, 0.15) is 79.7 Å². The smallest absolute Gasteiger partial charge is 0.184 e. The largest absolute Gasteiger partial charge is 0.386 e. The second-order valence-corrected chi connectivity index (χ2v) is 14.4. The van der Waals surface area contributed by atoms with Crippen molar-refractivity contribution in [2.24, 2.45) is 5.41 Å². The van der Waals surface area contributed by atoms with Gasteiger partial charge in [0.2, 0.25) is 0 Å². The third-order valence-corrected chi connectivity index (χ3v) is 9.88. The van der Waals surface area contributed by atoms with Gasteiger partial charge in [0.1, 0.15) is 23.5 Å². The molecule has 264 valence electrons. The number of rotatable bonds is 11. The zero-order chi connectivity index (χ0) is 37.0. The fourth-order valence-corrected chi connectivity index (χ4v) is 7.26. The molecule has 1 unspecified atom stereocenters. The first-order valence-electron chi connectivity index (χ1n) is 18.1. The Morgan fingerprint density at radius 2 is 1.25 bits per heavy atom. The molecular weight excluding hydrogens is 655 g/mol. The molecule has 8 heteroatoms. The maximum absolute atomic E-state index is 11.4. The number of benzene rings is 5. The van der Waals surface area contributed by atoms with E-state index in [9.17, 15) is 10.4 Å². The van der Waals surface area contributed by atoms with Crippen molar-refractivity contribution in [2.45, 2.75) is 58.7 Å². The molecule has 7 aromatic rings. The van der Waals surface area contributed by atoms with E-state index in [2.05, 4.69) is 132 Å². The lowest BCUT2D eigenvalue weighted by atomic mass is 9.77. The van der Waals surface area contributed by atoms with Crippen molar-refractivity contribution >= 4 is 0 Å². The maximum atomic E-state index is 11.4. The summed E-state index contributed by atoms with van der Waals surface area (Å²) in [5.41, 5.74) is 6.55. The number of aliphatic hydroxyl groups is 1. The Balaban J connectivity index is 1.34. The van der Waals surface area contributed by atoms with E-state index in [1.165, 1.54) is 0 Å². The van der Waals surface area contributed by atoms with Gasteiger partial charge in [0.25, 0.3) is 0 Å². The van der Waals surface area contributed by atoms with E-state index < -0.39 is 17.1 Å². The van der Waals surface area contributed by atoms with Crippen LogP contribution in [0.15, 0.2) is 140 Å². The molecule has 0 spiro atoms. The maximum Gasteiger partial charge on any atom is 0.184 e. The van der Waals surface area contributed by atoms with E-state index in [0.717, 1.165) is 51.2 Å². The lowest BCUT2D eigenvalue weighted by molar-refractivity contribution is 0.0555. The molecule has 1 atom stereocenters. The molecule has 8 nitrogen and oxygen atoms in total. The number of aryl methyl sites for hydroxylation is 1. The van der Waals surface area contributed by atoms with Crippen LogP contribution in [-0.4, -0.2) is 34.9 Å². The van der Waals surface area contributed by atoms with Gasteiger partial charge >= 0.3 is 0 Å². The van der Waals surface area contributed by atoms with Gasteiger partial charge in [0, 0.05) is 18.5 Å². The number of hydrogen-bond acceptors (Lipinski definition) is 6. The molecule has 0 aliphatic rings. The fraction of sp³-hybridized carbons (Fsp3) is 0.222. The number of hydrogen-bond donors (Lipinski definition) is 1. The summed E-state index contributed by atoms with van der Waals surface area (Å²) in [6, 6.07) is 50.1. The number of tetrazole rings is 1. The summed E-state index contributed by atoms with van der Waals surface area (Å²) in [5, 5.41) is 35.2. The number of nitriles is 1. The molecule has 0 amide bonds. The zero-order valence-electron chi connectivity index (χ0n) is 30.6. The monoisotopic (exact) mass is 697 g/mol. The van der Waals surface area contributed by atoms with Crippen molar-refractivity contribution in [1.29, 1.82) is 5.26 Å². The standard InChI is InChI=1S/C45H43N7O/c1-5-17-40-47-39(30-46)41(42(53)44(2,3)4)51(40)31-32-26-28-33(29-27-32)37-24-15-16-25-38(37)43-48-49-50-52(43)45(34-18-9-6-10-19-34,35-20-11-7-12-21-35)36-22-13-8-14-23-36/h6-16,18-29,42,53H,5,17,31H2,1-4H3. The summed E-state index contributed by atoms with van der Waals surface area (Å²) < 4.78 is 3.99. The van der Waals surface area contributed by atoms with E-state index in [1.54, 1.807) is 0 Å². The van der Waals surface area contributed by atoms with E-state index in [0.29, 0.717) is 24.5 Å². The van der Waals surface area contributed by atoms with Crippen LogP contribution in [-0.2, 0) is 18.5 Å². The highest BCUT2D eigenvalue weighted by molar-refractivity contribution is 5.81. The average Bonchev–Trinajstić information content (AvgIpc) is 3.81. The Kier molecular flexibility index (Phi) is 9.86. The predicted octanol–water partition coefficient (Wildman–Crippen LogP) is 9.00. The Morgan fingerprint density at radius 1 is 0.717 bits per heavy atom. The summed E-state index contributed by atoms with van der Waals surface area (Å²) in [6.07, 6.45) is 0.742. The number of aliphatic hydroxyl groups excluding tert-OH is 1. The molecular formula is C45H43N7O. The Morgan fingerprint density at radius 3 is 1.75 bits per heavy atom. The third-order valence-electron chi connectivity index (χ3n) is 9.88. The SMILES string of the molecule is CCCc1nc(C#N)c(C(O)C(C)(C)C)n1Cc1ccc(-c2ccccc2-c2nnnn2C(c2ccccc2)(c2ccccc2)c2ccccc2)cc1. The first-order valence-corrected chi connectivity index (χ1v) is 18.1. The number of aromatic nitrogens is 6. The molecule has 0 aliphatic heterocycles. The van der Waals surface area contributed by atoms with Crippen molar-refractivity contribution in [3.05, 3.63) is 179 Å². The van der Waals surface area contributed by atoms with Crippen molar-refractivity contribution in [2.75, 3.05) is 0 Å². The van der Waals surface area contributed by atoms with Crippen molar-refractivity contribution in [1.82, 2.24) is 29.8 Å². The minimum absolute atomic E-state index is 0.289. The molecule has 53 heavy (non-hydrogen) atoms. The third kappa shape index (κ3) is 6.56. The second kappa shape index (κ2) is 14.8. The molecule has 5 aromatic carbocycles. The van der Waals surface area contributed by atoms with Crippen LogP contribution in [0.5, 0.6) is 0 Å². The van der Waals surface area contributed by atoms with Gasteiger partial charge in [-0.25, -0.2) is 9.67 Å². The summed E-state index contributed by atoms with van der Waals surface area (Å²) in [7, 11) is 0. The summed E-state index contributed by atoms with van der Waals surface area (Å²) in [5.74, 6) is 1.44. The van der Waals surface area contributed by atoms with Gasteiger partial charge in [0.15, 0.2) is 11.5 Å². The molecule has 1 N–H and O–H groups in total. The van der Waals surface area contributed by atoms with Crippen LogP contribution in [0.2, 0.25) is 0 Å². The molecule has 0 saturated heterocycles. The van der Waals surface area contributed by atoms with Crippen molar-refractivity contribution < 1.29 is 5.11 Å². The van der Waals surface area contributed by atoms with Gasteiger partial charge in [-0.1, -0.05) is 167 Å². The topological polar surface area (TPSA) is 105 Å². The van der Waals surface area contributed by atoms with Gasteiger partial charge in [-0.05, 0) is 55.6 Å². The van der Waals surface area contributed by atoms with Gasteiger partial charge in [-0.3, -0.25) is 0 Å². The van der Waals surface area contributed by atoms with E-state index in [1.807, 2.05) is 60.4 Å². The minimum atomic E-state index is -0.877. The fourth-order valence-electron chi connectivity index (χ4n) is 7.26. The number of nitrogens with zero attached hydrogens (tertiary/aromatic N) is 7. The van der Waals surface area contributed by atoms with Crippen LogP contribution < -0.4 is 0 Å². The van der Waals surface area contributed by atoms with E-state index >= 15 is 0 Å². The normalized spacial score (nSPS) is 12.4. The van der Waals surface area contributed by atoms with E-state index in [4.69, 9.17) is 10.3 Å². The summed E-state index contributed by atoms with van der Waals surface area (Å²) >= 11 is 0. The lowest BCUT2D eigenvalue weighted by Gasteiger charge is -2.36. The first kappa shape index (κ1) is 35.2. The molecule has 0 radical (unpaired) electrons. The van der Waals surface area contributed by atoms with Crippen LogP contribution in [0.4, 0.5) is 0 Å². The molecule has 0 aliphatic carbocycles. The van der Waals surface area contributed by atoms with Crippen molar-refractivity contribution in [3.8, 4) is 28.6 Å². The highest BCUT2D eigenvalue weighted by atomic mass is 16.3. The minimum Gasteiger partial charge on any atom is -0.386 e. The molecule has 0 saturated carbocycles. The van der Waals surface area contributed by atoms with Crippen LogP contribution in [0.3, 0.4) is 0 Å². The summed E-state index contributed by atoms with van der Waals surface area (Å²) in [4.78, 5) is 4.67. The van der Waals surface area contributed by atoms with Crippen LogP contribution in [0.25, 0.3) is 22.5 Å². The first-order chi connectivity index (χ1) is 25.8. The number of imidazole rings is 1. The molecule has 2 aromatic heterocycles. The average molecular weight is 698 g/mol. The Labute approximate surface area is 311 Å². The van der Waals surface area contributed by atoms with Gasteiger partial charge in [-0.2, -0.15) is 5.26 Å². The molecule has 7 rings (SSSR count). The highest BCUT2D eigenvalue weighted by Gasteiger charge is 2.42. The van der Waals surface area contributed by atoms with Crippen LogP contribution >= 0.6 is 0 Å². The quantitative estimate of drug-likeness (QED) is 0.135. The Bertz CT molecular complexity index is 2240. The second-order valence-electron chi connectivity index (χ2n) is 14.4. The zero-order valence-corrected chi connectivity index (χ0v) is 30.6. The van der Waals surface area contributed by atoms with Crippen molar-refractivity contribution in [3.63, 3.8) is 0 Å². The van der Waals surface area contributed by atoms with Gasteiger partial charge < -0.3 is 9.67 Å². The van der Waals surface area contributed by atoms with Gasteiger partial charge in [0.05, 0.1) is 5.69 Å². The van der Waals surface area contributed by atoms with E-state index in [-0.39, 0.29) is 5.69 Å². The lowest BCUT2D eigenvalue weighted by Crippen LogP contribution is -2.39. The molecule has 0 bridgehead atoms. The Hall–Kier alpha value is -6.17. The van der Waals surface area contributed by atoms with Gasteiger partial charge in [-0.15, -0.1) is 5.10 Å². The highest BCUT2D eigenvalue weighted by Crippen LogP contribution is 2.43. The predicted molar refractivity (Wildman–Crippen MR) is 208 cm³/mol. The molecule has 0 fully saturated rings. The molecule has 2 heterocycles.